The zero-order valence-corrected chi connectivity index (χ0v) is 91.3. The van der Waals surface area contributed by atoms with Crippen LogP contribution in [0.2, 0.25) is 0 Å². The summed E-state index contributed by atoms with van der Waals surface area (Å²) >= 11 is 0. The molecular weight excluding hydrogens is 1850 g/mol. The van der Waals surface area contributed by atoms with Gasteiger partial charge >= 0.3 is 7.82 Å². The van der Waals surface area contributed by atoms with Crippen LogP contribution >= 0.6 is 7.82 Å². The summed E-state index contributed by atoms with van der Waals surface area (Å²) in [6.45, 7) is 41.0. The van der Waals surface area contributed by atoms with Crippen LogP contribution in [0, 0.1) is 0 Å². The van der Waals surface area contributed by atoms with E-state index in [0.717, 1.165) is 154 Å². The zero-order chi connectivity index (χ0) is 102. The number of ether oxygens (including phenoxy) is 27. The Balaban J connectivity index is 1.48. The molecule has 7 aliphatic rings. The minimum Gasteiger partial charge on any atom is -0.394 e. The maximum Gasteiger partial charge on any atom is 0.475 e. The molecule has 1 N–H and O–H groups in total. The number of hydrogen-bond donors (Lipinski definition) is 1. The Labute approximate surface area is 849 Å². The van der Waals surface area contributed by atoms with Crippen LogP contribution in [-0.4, -0.2) is 348 Å². The Morgan fingerprint density at radius 3 is 0.809 bits per heavy atom. The predicted octanol–water partition coefficient (Wildman–Crippen LogP) is 19.4. The quantitative estimate of drug-likeness (QED) is 0.0194. The number of aliphatic hydroxyl groups excluding tert-OH is 1. The summed E-state index contributed by atoms with van der Waals surface area (Å²) in [5.41, 5.74) is 11.1. The molecule has 830 valence electrons. The fourth-order valence-electron chi connectivity index (χ4n) is 18.1. The normalized spacial score (nSPS) is 33.5. The topological polar surface area (TPSA) is 363 Å². The summed E-state index contributed by atoms with van der Waals surface area (Å²) in [5, 5.41) is 16.6. The summed E-state index contributed by atoms with van der Waals surface area (Å²) in [6, 6.07) is -1.34. The van der Waals surface area contributed by atoms with Gasteiger partial charge in [0, 0.05) is 124 Å². The summed E-state index contributed by atoms with van der Waals surface area (Å²) in [6.07, 6.45) is -5.03. The summed E-state index contributed by atoms with van der Waals surface area (Å²) in [7, 11) is -3.01. The van der Waals surface area contributed by atoms with Gasteiger partial charge < -0.3 is 133 Å². The molecule has 7 fully saturated rings. The number of rotatable bonds is 85. The van der Waals surface area contributed by atoms with Crippen LogP contribution in [0.15, 0.2) is 5.11 Å². The van der Waals surface area contributed by atoms with Crippen molar-refractivity contribution in [2.75, 3.05) is 152 Å². The summed E-state index contributed by atoms with van der Waals surface area (Å²) < 4.78 is 229. The van der Waals surface area contributed by atoms with Crippen LogP contribution in [0.3, 0.4) is 0 Å². The van der Waals surface area contributed by atoms with Gasteiger partial charge in [0.15, 0.2) is 31.5 Å². The number of unbranched alkanes of at least 4 members (excludes halogenated alkanes) is 17. The molecule has 0 aromatic heterocycles. The van der Waals surface area contributed by atoms with Gasteiger partial charge in [-0.1, -0.05) is 232 Å². The van der Waals surface area contributed by atoms with Crippen LogP contribution < -0.4 is 0 Å². The molecule has 32 unspecified atom stereocenters. The lowest BCUT2D eigenvalue weighted by Gasteiger charge is -2.52. The van der Waals surface area contributed by atoms with Crippen molar-refractivity contribution in [1.29, 1.82) is 0 Å². The van der Waals surface area contributed by atoms with Crippen LogP contribution in [0.5, 0.6) is 0 Å². The molecule has 36 heteroatoms. The summed E-state index contributed by atoms with van der Waals surface area (Å²) in [5.74, 6) is 0. The van der Waals surface area contributed by atoms with Crippen molar-refractivity contribution in [2.45, 2.75) is 526 Å². The molecule has 1 aliphatic carbocycles. The first-order valence-electron chi connectivity index (χ1n) is 56.2. The molecule has 141 heavy (non-hydrogen) atoms. The van der Waals surface area contributed by atoms with Crippen molar-refractivity contribution in [1.82, 2.24) is 0 Å². The SMILES string of the molecule is CCCCOCC1OC(OC2C(OCCCC)C(OCCCC)C(OCCCC)C3OP(=O)(OC)OC23)C(N=[N+]=[N-])C(OCCCC)C1OC1OC(COC2OC(COCCCC)C(OCCCC)C(OCCCC)C2OC2OC(CO)C(OCCCC)C(OCCCC)C2OC2OC(COCCCC)C(OCCCC)C(OCCCC)C2OCCCC)C(OCCCC)C(OCCCC)C1OCCCC. The standard InChI is InChI=1S/C105H198N3O32P/c1-19-36-53-112-71-76-83(117-58-41-24-6)90(123-64-47-30-12)99(137-105-100(89(122-63-46-29-11)81(75(70-109)130-105)115-56-39-22-4)138-104-98(128-69-52-35-17)87(120-61-44-27-9)82(116-57-40-23-5)77(133-104)72-113-54-37-20-2)102(132-76)129-74-79-84(118-59-42-25-7)88(121-62-45-28-10)97(127-68-51-34-16)103(134-79)135-85-78(73-114-55-38-21-3)131-101(80(107-108-106)86(85)119-60-43-26-8)136-94-92(125-66-49-32-14)91(124-65-48-31-13)93(126-67-50-33-15)95-96(94)140-141(110,111-18)139-95/h75-105,109H,19-74H2,1-18H3. The second-order valence-corrected chi connectivity index (χ2v) is 40.2. The Bertz CT molecular complexity index is 3120. The molecule has 6 heterocycles. The largest absolute Gasteiger partial charge is 0.475 e. The molecule has 6 aliphatic heterocycles. The van der Waals surface area contributed by atoms with E-state index in [1.165, 1.54) is 7.11 Å². The average Bonchev–Trinajstić information content (AvgIpc) is 1.60. The van der Waals surface area contributed by atoms with Gasteiger partial charge in [-0.2, -0.15) is 0 Å². The van der Waals surface area contributed by atoms with Crippen molar-refractivity contribution in [3.8, 4) is 0 Å². The zero-order valence-electron chi connectivity index (χ0n) is 90.4. The molecule has 7 rings (SSSR count). The number of phosphoric ester groups is 1. The average molecular weight is 2050 g/mol. The van der Waals surface area contributed by atoms with E-state index >= 15 is 0 Å². The Morgan fingerprint density at radius 1 is 0.248 bits per heavy atom. The molecule has 0 aromatic carbocycles. The number of azide groups is 1. The smallest absolute Gasteiger partial charge is 0.394 e. The van der Waals surface area contributed by atoms with Crippen LogP contribution in [0.4, 0.5) is 0 Å². The van der Waals surface area contributed by atoms with Gasteiger partial charge in [0.25, 0.3) is 0 Å². The predicted molar refractivity (Wildman–Crippen MR) is 535 cm³/mol. The molecule has 0 spiro atoms. The van der Waals surface area contributed by atoms with Crippen LogP contribution in [0.1, 0.15) is 336 Å². The molecular formula is C105H198N3O32P. The number of fused-ring (bicyclic) bond motifs is 1. The molecule has 35 nitrogen and oxygen atoms in total. The van der Waals surface area contributed by atoms with Crippen molar-refractivity contribution < 1.29 is 151 Å². The maximum absolute atomic E-state index is 14.7. The van der Waals surface area contributed by atoms with Gasteiger partial charge in [-0.25, -0.2) is 4.57 Å². The number of aliphatic hydroxyl groups is 1. The molecule has 0 aromatic rings. The van der Waals surface area contributed by atoms with Gasteiger partial charge in [0.05, 0.1) is 39.1 Å². The maximum atomic E-state index is 14.7. The fourth-order valence-corrected chi connectivity index (χ4v) is 19.4. The molecule has 0 radical (unpaired) electrons. The first-order valence-corrected chi connectivity index (χ1v) is 57.6. The number of phosphoric acid groups is 1. The third kappa shape index (κ3) is 41.3. The van der Waals surface area contributed by atoms with Crippen molar-refractivity contribution >= 4 is 7.82 Å². The Morgan fingerprint density at radius 2 is 0.475 bits per heavy atom. The summed E-state index contributed by atoms with van der Waals surface area (Å²) in [4.78, 5) is 3.56. The van der Waals surface area contributed by atoms with Crippen molar-refractivity contribution in [3.05, 3.63) is 10.4 Å². The Kier molecular flexibility index (Phi) is 68.0. The van der Waals surface area contributed by atoms with Gasteiger partial charge in [-0.3, -0.25) is 13.6 Å². The van der Waals surface area contributed by atoms with Crippen molar-refractivity contribution in [2.24, 2.45) is 5.11 Å². The van der Waals surface area contributed by atoms with E-state index in [1.54, 1.807) is 0 Å². The lowest BCUT2D eigenvalue weighted by molar-refractivity contribution is -0.406. The molecule has 32 atom stereocenters. The number of nitrogens with zero attached hydrogens (tertiary/aromatic N) is 3. The van der Waals surface area contributed by atoms with Crippen molar-refractivity contribution in [3.63, 3.8) is 0 Å². The Hall–Kier alpha value is -1.70. The highest BCUT2D eigenvalue weighted by molar-refractivity contribution is 7.48. The first-order chi connectivity index (χ1) is 69.1. The van der Waals surface area contributed by atoms with E-state index in [-0.39, 0.29) is 59.5 Å². The molecule has 1 saturated carbocycles. The monoisotopic (exact) mass is 2040 g/mol. The molecule has 0 amide bonds. The van der Waals surface area contributed by atoms with Crippen LogP contribution in [0.25, 0.3) is 10.4 Å². The van der Waals surface area contributed by atoms with Gasteiger partial charge in [0.1, 0.15) is 153 Å². The minimum absolute atomic E-state index is 0.0804. The van der Waals surface area contributed by atoms with E-state index in [9.17, 15) is 15.2 Å². The number of hydrogen-bond acceptors (Lipinski definition) is 33. The van der Waals surface area contributed by atoms with Gasteiger partial charge in [-0.05, 0) is 115 Å². The molecule has 0 bridgehead atoms. The van der Waals surface area contributed by atoms with Crippen LogP contribution in [-0.2, 0) is 146 Å². The highest BCUT2D eigenvalue weighted by atomic mass is 31.2. The lowest BCUT2D eigenvalue weighted by Crippen LogP contribution is -2.69. The fraction of sp³-hybridized carbons (Fsp3) is 1.00. The van der Waals surface area contributed by atoms with E-state index in [4.69, 9.17) is 141 Å². The first kappa shape index (κ1) is 126. The van der Waals surface area contributed by atoms with E-state index in [0.29, 0.717) is 143 Å². The van der Waals surface area contributed by atoms with E-state index in [1.807, 2.05) is 0 Å². The van der Waals surface area contributed by atoms with E-state index in [2.05, 4.69) is 128 Å². The molecule has 6 saturated heterocycles. The second-order valence-electron chi connectivity index (χ2n) is 38.5. The van der Waals surface area contributed by atoms with Gasteiger partial charge in [0.2, 0.25) is 0 Å². The van der Waals surface area contributed by atoms with E-state index < -0.39 is 205 Å². The minimum atomic E-state index is -4.29. The highest BCUT2D eigenvalue weighted by Gasteiger charge is 2.65. The lowest BCUT2D eigenvalue weighted by atomic mass is 9.84. The highest BCUT2D eigenvalue weighted by Crippen LogP contribution is 2.61. The second kappa shape index (κ2) is 75.9. The third-order valence-electron chi connectivity index (χ3n) is 26.7. The third-order valence-corrected chi connectivity index (χ3v) is 28.1. The van der Waals surface area contributed by atoms with Gasteiger partial charge in [-0.15, -0.1) is 0 Å².